The number of hydrogen-bond acceptors (Lipinski definition) is 3. The van der Waals surface area contributed by atoms with Crippen LogP contribution in [0.25, 0.3) is 0 Å². The number of hydrogen-bond donors (Lipinski definition) is 0. The van der Waals surface area contributed by atoms with Crippen LogP contribution < -0.4 is 4.90 Å². The Morgan fingerprint density at radius 1 is 1.14 bits per heavy atom. The number of rotatable bonds is 3. The van der Waals surface area contributed by atoms with Crippen molar-refractivity contribution in [3.63, 3.8) is 0 Å². The monoisotopic (exact) mass is 490 g/mol. The van der Waals surface area contributed by atoms with Gasteiger partial charge in [-0.1, -0.05) is 0 Å². The molecule has 0 saturated heterocycles. The van der Waals surface area contributed by atoms with Crippen molar-refractivity contribution in [1.82, 2.24) is 4.31 Å². The zero-order valence-electron chi connectivity index (χ0n) is 15.6. The predicted octanol–water partition coefficient (Wildman–Crippen LogP) is 4.31. The Labute approximate surface area is 175 Å². The minimum Gasteiger partial charge on any atom is -0.308 e. The molecule has 0 N–H and O–H groups in total. The smallest absolute Gasteiger partial charge is 0.308 e. The van der Waals surface area contributed by atoms with E-state index in [1.54, 1.807) is 0 Å². The van der Waals surface area contributed by atoms with E-state index in [9.17, 15) is 26.4 Å². The molecule has 2 aromatic rings. The first-order valence-electron chi connectivity index (χ1n) is 8.67. The Bertz CT molecular complexity index is 1070. The van der Waals surface area contributed by atoms with Crippen LogP contribution in [0.3, 0.4) is 0 Å². The molecule has 29 heavy (non-hydrogen) atoms. The summed E-state index contributed by atoms with van der Waals surface area (Å²) in [4.78, 5) is 14.4. The highest BCUT2D eigenvalue weighted by Gasteiger charge is 2.33. The SMILES string of the molecule is CN(C)S(=O)(=O)c1cc(C(=O)N2CCCc3cc(C(F)(F)F)ccc32)ccc1Br. The number of alkyl halides is 3. The van der Waals surface area contributed by atoms with Crippen molar-refractivity contribution in [1.29, 1.82) is 0 Å². The summed E-state index contributed by atoms with van der Waals surface area (Å²) in [5.41, 5.74) is 0.238. The van der Waals surface area contributed by atoms with Crippen molar-refractivity contribution in [2.24, 2.45) is 0 Å². The second kappa shape index (κ2) is 7.73. The molecule has 0 bridgehead atoms. The first kappa shape index (κ1) is 21.8. The molecule has 5 nitrogen and oxygen atoms in total. The number of amides is 1. The number of halogens is 4. The van der Waals surface area contributed by atoms with Gasteiger partial charge < -0.3 is 4.90 Å². The lowest BCUT2D eigenvalue weighted by atomic mass is 9.98. The molecule has 3 rings (SSSR count). The fraction of sp³-hybridized carbons (Fsp3) is 0.316. The standard InChI is InChI=1S/C19H18BrF3N2O3S/c1-24(2)29(27,28)17-11-13(5-7-15(17)20)18(26)25-9-3-4-12-10-14(19(21,22)23)6-8-16(12)25/h5-8,10-11H,3-4,9H2,1-2H3. The Morgan fingerprint density at radius 3 is 2.45 bits per heavy atom. The summed E-state index contributed by atoms with van der Waals surface area (Å²) in [7, 11) is -1.02. The third-order valence-corrected chi connectivity index (χ3v) is 7.52. The number of sulfonamides is 1. The Kier molecular flexibility index (Phi) is 5.81. The van der Waals surface area contributed by atoms with E-state index in [-0.39, 0.29) is 10.5 Å². The second-order valence-corrected chi connectivity index (χ2v) is 9.81. The van der Waals surface area contributed by atoms with Crippen LogP contribution in [0.2, 0.25) is 0 Å². The first-order chi connectivity index (χ1) is 13.4. The molecule has 1 aliphatic heterocycles. The highest BCUT2D eigenvalue weighted by atomic mass is 79.9. The molecule has 0 saturated carbocycles. The summed E-state index contributed by atoms with van der Waals surface area (Å²) >= 11 is 3.19. The highest BCUT2D eigenvalue weighted by Crippen LogP contribution is 2.36. The third kappa shape index (κ3) is 4.19. The molecule has 0 radical (unpaired) electrons. The van der Waals surface area contributed by atoms with Gasteiger partial charge in [0.05, 0.1) is 10.5 Å². The van der Waals surface area contributed by atoms with Crippen LogP contribution >= 0.6 is 15.9 Å². The molecular formula is C19H18BrF3N2O3S. The Balaban J connectivity index is 2.01. The Morgan fingerprint density at radius 2 is 1.83 bits per heavy atom. The van der Waals surface area contributed by atoms with Crippen molar-refractivity contribution in [3.8, 4) is 0 Å². The number of carbonyl (C=O) groups excluding carboxylic acids is 1. The number of nitrogens with zero attached hydrogens (tertiary/aromatic N) is 2. The molecule has 0 aromatic heterocycles. The van der Waals surface area contributed by atoms with Gasteiger partial charge in [-0.25, -0.2) is 12.7 Å². The third-order valence-electron chi connectivity index (χ3n) is 4.71. The van der Waals surface area contributed by atoms with Gasteiger partial charge in [0.15, 0.2) is 0 Å². The average molecular weight is 491 g/mol. The van der Waals surface area contributed by atoms with Crippen LogP contribution in [0.15, 0.2) is 45.8 Å². The summed E-state index contributed by atoms with van der Waals surface area (Å²) < 4.78 is 65.3. The lowest BCUT2D eigenvalue weighted by Crippen LogP contribution is -2.35. The van der Waals surface area contributed by atoms with E-state index in [4.69, 9.17) is 0 Å². The summed E-state index contributed by atoms with van der Waals surface area (Å²) in [5.74, 6) is -0.464. The maximum atomic E-state index is 13.1. The molecule has 156 valence electrons. The van der Waals surface area contributed by atoms with Gasteiger partial charge in [-0.2, -0.15) is 13.2 Å². The van der Waals surface area contributed by atoms with E-state index in [1.165, 1.54) is 43.3 Å². The van der Waals surface area contributed by atoms with Crippen LogP contribution in [0, 0.1) is 0 Å². The van der Waals surface area contributed by atoms with E-state index < -0.39 is 27.7 Å². The fourth-order valence-corrected chi connectivity index (χ4v) is 5.02. The number of benzene rings is 2. The number of fused-ring (bicyclic) bond motifs is 1. The lowest BCUT2D eigenvalue weighted by Gasteiger charge is -2.30. The normalized spacial score (nSPS) is 14.8. The van der Waals surface area contributed by atoms with Crippen LogP contribution in [-0.2, 0) is 22.6 Å². The van der Waals surface area contributed by atoms with Crippen LogP contribution in [0.5, 0.6) is 0 Å². The summed E-state index contributed by atoms with van der Waals surface area (Å²) in [5, 5.41) is 0. The van der Waals surface area contributed by atoms with Crippen LogP contribution in [-0.4, -0.2) is 39.3 Å². The predicted molar refractivity (Wildman–Crippen MR) is 106 cm³/mol. The topological polar surface area (TPSA) is 57.7 Å². The van der Waals surface area contributed by atoms with Gasteiger partial charge in [0.25, 0.3) is 5.91 Å². The van der Waals surface area contributed by atoms with Crippen molar-refractivity contribution in [3.05, 3.63) is 57.6 Å². The van der Waals surface area contributed by atoms with Gasteiger partial charge in [0.1, 0.15) is 0 Å². The summed E-state index contributed by atoms with van der Waals surface area (Å²) in [6.07, 6.45) is -3.51. The van der Waals surface area contributed by atoms with E-state index in [2.05, 4.69) is 15.9 Å². The molecule has 0 spiro atoms. The molecule has 1 aliphatic rings. The minimum absolute atomic E-state index is 0.0574. The van der Waals surface area contributed by atoms with Gasteiger partial charge in [-0.05, 0) is 70.7 Å². The second-order valence-electron chi connectivity index (χ2n) is 6.83. The number of carbonyl (C=O) groups is 1. The van der Waals surface area contributed by atoms with Crippen LogP contribution in [0.1, 0.15) is 27.9 Å². The van der Waals surface area contributed by atoms with Crippen LogP contribution in [0.4, 0.5) is 18.9 Å². The van der Waals surface area contributed by atoms with Crippen molar-refractivity contribution in [2.45, 2.75) is 23.9 Å². The molecular weight excluding hydrogens is 473 g/mol. The quantitative estimate of drug-likeness (QED) is 0.643. The molecule has 1 heterocycles. The molecule has 0 unspecified atom stereocenters. The molecule has 10 heteroatoms. The highest BCUT2D eigenvalue weighted by molar-refractivity contribution is 9.10. The Hall–Kier alpha value is -1.91. The van der Waals surface area contributed by atoms with Crippen molar-refractivity contribution in [2.75, 3.05) is 25.5 Å². The minimum atomic E-state index is -4.46. The lowest BCUT2D eigenvalue weighted by molar-refractivity contribution is -0.137. The van der Waals surface area contributed by atoms with Gasteiger partial charge in [-0.3, -0.25) is 4.79 Å². The molecule has 0 atom stereocenters. The van der Waals surface area contributed by atoms with E-state index in [1.807, 2.05) is 0 Å². The zero-order chi connectivity index (χ0) is 21.6. The first-order valence-corrected chi connectivity index (χ1v) is 10.9. The van der Waals surface area contributed by atoms with E-state index in [0.717, 1.165) is 16.4 Å². The average Bonchev–Trinajstić information content (AvgIpc) is 2.66. The molecule has 0 aliphatic carbocycles. The molecule has 0 fully saturated rings. The zero-order valence-corrected chi connectivity index (χ0v) is 18.0. The van der Waals surface area contributed by atoms with Crippen molar-refractivity contribution >= 4 is 37.5 Å². The molecule has 1 amide bonds. The van der Waals surface area contributed by atoms with Gasteiger partial charge in [-0.15, -0.1) is 0 Å². The number of anilines is 1. The molecule has 2 aromatic carbocycles. The van der Waals surface area contributed by atoms with Gasteiger partial charge in [0.2, 0.25) is 10.0 Å². The van der Waals surface area contributed by atoms with E-state index >= 15 is 0 Å². The number of aryl methyl sites for hydroxylation is 1. The fourth-order valence-electron chi connectivity index (χ4n) is 3.17. The summed E-state index contributed by atoms with van der Waals surface area (Å²) in [6, 6.07) is 7.55. The van der Waals surface area contributed by atoms with Gasteiger partial charge in [0, 0.05) is 36.4 Å². The maximum absolute atomic E-state index is 13.1. The largest absolute Gasteiger partial charge is 0.416 e. The van der Waals surface area contributed by atoms with Gasteiger partial charge >= 0.3 is 6.18 Å². The van der Waals surface area contributed by atoms with Crippen molar-refractivity contribution < 1.29 is 26.4 Å². The maximum Gasteiger partial charge on any atom is 0.416 e. The summed E-state index contributed by atoms with van der Waals surface area (Å²) in [6.45, 7) is 0.336. The van der Waals surface area contributed by atoms with E-state index in [0.29, 0.717) is 35.1 Å².